The number of ether oxygens (including phenoxy) is 2. The number of carbonyl (C=O) groups excluding carboxylic acids is 1. The molecular formula is C32H48FNO4Si. The Hall–Kier alpha value is -2.22. The Kier molecular flexibility index (Phi) is 10.8. The summed E-state index contributed by atoms with van der Waals surface area (Å²) in [5.41, 5.74) is 1.89. The van der Waals surface area contributed by atoms with Crippen molar-refractivity contribution in [2.24, 2.45) is 11.8 Å². The zero-order valence-electron chi connectivity index (χ0n) is 25.1. The molecule has 1 heterocycles. The fourth-order valence-corrected chi connectivity index (χ4v) is 6.35. The number of hydrogen-bond donors (Lipinski definition) is 0. The molecule has 0 aromatic heterocycles. The van der Waals surface area contributed by atoms with E-state index in [1.807, 2.05) is 30.3 Å². The van der Waals surface area contributed by atoms with Crippen molar-refractivity contribution in [1.82, 2.24) is 4.90 Å². The average molecular weight is 558 g/mol. The molecule has 3 rings (SSSR count). The Morgan fingerprint density at radius 3 is 2.31 bits per heavy atom. The predicted octanol–water partition coefficient (Wildman–Crippen LogP) is 7.42. The maximum Gasteiger partial charge on any atom is 0.323 e. The number of carbonyl (C=O) groups is 1. The summed E-state index contributed by atoms with van der Waals surface area (Å²) in [7, 11) is -0.339. The highest BCUT2D eigenvalue weighted by Crippen LogP contribution is 2.40. The molecular weight excluding hydrogens is 509 g/mol. The van der Waals surface area contributed by atoms with E-state index in [4.69, 9.17) is 13.9 Å². The molecule has 3 atom stereocenters. The van der Waals surface area contributed by atoms with Crippen LogP contribution in [0.1, 0.15) is 64.5 Å². The molecule has 216 valence electrons. The SMILES string of the molecule is CCC(CC)C(C(=O)OCc1ccc(OC)cc1)N1C[C@H](CO[Si](C)(C)C(C)(C)C)[C@@H](c2cccc(F)c2)C1. The van der Waals surface area contributed by atoms with Gasteiger partial charge in [-0.15, -0.1) is 0 Å². The number of halogens is 1. The van der Waals surface area contributed by atoms with Crippen LogP contribution in [0.2, 0.25) is 18.1 Å². The second kappa shape index (κ2) is 13.4. The van der Waals surface area contributed by atoms with Crippen LogP contribution in [0.5, 0.6) is 5.75 Å². The zero-order chi connectivity index (χ0) is 28.8. The number of benzene rings is 2. The van der Waals surface area contributed by atoms with Crippen molar-refractivity contribution in [3.63, 3.8) is 0 Å². The summed E-state index contributed by atoms with van der Waals surface area (Å²) in [6.07, 6.45) is 1.76. The summed E-state index contributed by atoms with van der Waals surface area (Å²) in [5, 5.41) is 0.100. The number of likely N-dealkylation sites (tertiary alicyclic amines) is 1. The highest BCUT2D eigenvalue weighted by atomic mass is 28.4. The quantitative estimate of drug-likeness (QED) is 0.201. The van der Waals surface area contributed by atoms with Crippen molar-refractivity contribution in [3.8, 4) is 5.75 Å². The van der Waals surface area contributed by atoms with E-state index in [0.29, 0.717) is 19.7 Å². The van der Waals surface area contributed by atoms with E-state index >= 15 is 0 Å². The molecule has 1 aliphatic heterocycles. The summed E-state index contributed by atoms with van der Waals surface area (Å²) in [6.45, 7) is 17.7. The fraction of sp³-hybridized carbons (Fsp3) is 0.594. The van der Waals surface area contributed by atoms with Gasteiger partial charge in [0.05, 0.1) is 7.11 Å². The first-order chi connectivity index (χ1) is 18.4. The van der Waals surface area contributed by atoms with Gasteiger partial charge in [0.2, 0.25) is 0 Å². The minimum absolute atomic E-state index is 0.0803. The van der Waals surface area contributed by atoms with Gasteiger partial charge in [-0.1, -0.05) is 71.7 Å². The van der Waals surface area contributed by atoms with Gasteiger partial charge < -0.3 is 13.9 Å². The van der Waals surface area contributed by atoms with Gasteiger partial charge in [-0.05, 0) is 59.4 Å². The summed E-state index contributed by atoms with van der Waals surface area (Å²) in [6, 6.07) is 14.1. The van der Waals surface area contributed by atoms with Crippen LogP contribution in [0.4, 0.5) is 4.39 Å². The van der Waals surface area contributed by atoms with E-state index in [1.54, 1.807) is 19.2 Å². The second-order valence-corrected chi connectivity index (χ2v) is 17.2. The molecule has 2 aromatic carbocycles. The van der Waals surface area contributed by atoms with Gasteiger partial charge in [-0.2, -0.15) is 0 Å². The molecule has 1 aliphatic rings. The molecule has 0 aliphatic carbocycles. The summed E-state index contributed by atoms with van der Waals surface area (Å²) < 4.78 is 32.1. The van der Waals surface area contributed by atoms with E-state index in [9.17, 15) is 9.18 Å². The van der Waals surface area contributed by atoms with E-state index in [0.717, 1.165) is 29.7 Å². The lowest BCUT2D eigenvalue weighted by Crippen LogP contribution is -2.46. The molecule has 0 amide bonds. The Morgan fingerprint density at radius 1 is 1.08 bits per heavy atom. The highest BCUT2D eigenvalue weighted by Gasteiger charge is 2.44. The summed E-state index contributed by atoms with van der Waals surface area (Å²) in [5.74, 6) is 0.755. The average Bonchev–Trinajstić information content (AvgIpc) is 3.32. The second-order valence-electron chi connectivity index (χ2n) is 12.4. The zero-order valence-corrected chi connectivity index (χ0v) is 26.1. The van der Waals surface area contributed by atoms with Crippen LogP contribution in [0.15, 0.2) is 48.5 Å². The van der Waals surface area contributed by atoms with Gasteiger partial charge in [0.25, 0.3) is 0 Å². The maximum absolute atomic E-state index is 14.3. The molecule has 0 bridgehead atoms. The Labute approximate surface area is 236 Å². The van der Waals surface area contributed by atoms with Crippen LogP contribution in [-0.2, 0) is 20.6 Å². The number of hydrogen-bond acceptors (Lipinski definition) is 5. The van der Waals surface area contributed by atoms with Crippen LogP contribution in [0.25, 0.3) is 0 Å². The number of rotatable bonds is 12. The standard InChI is InChI=1S/C32H48FNO4Si/c1-9-24(10-2)30(31(35)37-21-23-14-16-28(36-6)17-15-23)34-19-26(22-38-39(7,8)32(3,4)5)29(20-34)25-12-11-13-27(33)18-25/h11-18,24,26,29-30H,9-10,19-22H2,1-8H3/t26-,29-,30?/m1/s1. The lowest BCUT2D eigenvalue weighted by Gasteiger charge is -2.37. The molecule has 1 fully saturated rings. The molecule has 1 unspecified atom stereocenters. The van der Waals surface area contributed by atoms with E-state index in [-0.39, 0.29) is 47.2 Å². The molecule has 0 radical (unpaired) electrons. The monoisotopic (exact) mass is 557 g/mol. The summed E-state index contributed by atoms with van der Waals surface area (Å²) >= 11 is 0. The first kappa shape index (κ1) is 31.3. The molecule has 39 heavy (non-hydrogen) atoms. The van der Waals surface area contributed by atoms with Gasteiger partial charge in [-0.3, -0.25) is 9.69 Å². The van der Waals surface area contributed by atoms with Gasteiger partial charge in [-0.25, -0.2) is 4.39 Å². The van der Waals surface area contributed by atoms with Gasteiger partial charge in [0.15, 0.2) is 8.32 Å². The maximum atomic E-state index is 14.3. The summed E-state index contributed by atoms with van der Waals surface area (Å²) in [4.78, 5) is 15.9. The fourth-order valence-electron chi connectivity index (χ4n) is 5.28. The van der Waals surface area contributed by atoms with Gasteiger partial charge in [0, 0.05) is 31.5 Å². The lowest BCUT2D eigenvalue weighted by molar-refractivity contribution is -0.153. The first-order valence-corrected chi connectivity index (χ1v) is 17.2. The van der Waals surface area contributed by atoms with Crippen molar-refractivity contribution < 1.29 is 23.1 Å². The molecule has 2 aromatic rings. The molecule has 0 spiro atoms. The van der Waals surface area contributed by atoms with Crippen LogP contribution in [0, 0.1) is 17.7 Å². The van der Waals surface area contributed by atoms with E-state index < -0.39 is 8.32 Å². The van der Waals surface area contributed by atoms with Gasteiger partial charge >= 0.3 is 5.97 Å². The normalized spacial score (nSPS) is 19.3. The van der Waals surface area contributed by atoms with Crippen LogP contribution >= 0.6 is 0 Å². The Morgan fingerprint density at radius 2 is 1.74 bits per heavy atom. The van der Waals surface area contributed by atoms with Crippen LogP contribution in [-0.4, -0.2) is 52.0 Å². The first-order valence-electron chi connectivity index (χ1n) is 14.3. The third-order valence-electron chi connectivity index (χ3n) is 8.88. The third-order valence-corrected chi connectivity index (χ3v) is 13.4. The highest BCUT2D eigenvalue weighted by molar-refractivity contribution is 6.74. The minimum atomic E-state index is -1.97. The topological polar surface area (TPSA) is 48.0 Å². The largest absolute Gasteiger partial charge is 0.497 e. The number of methoxy groups -OCH3 is 1. The Balaban J connectivity index is 1.84. The van der Waals surface area contributed by atoms with E-state index in [2.05, 4.69) is 52.6 Å². The van der Waals surface area contributed by atoms with Crippen molar-refractivity contribution in [1.29, 1.82) is 0 Å². The van der Waals surface area contributed by atoms with Crippen LogP contribution < -0.4 is 4.74 Å². The predicted molar refractivity (Wildman–Crippen MR) is 158 cm³/mol. The van der Waals surface area contributed by atoms with Gasteiger partial charge in [0.1, 0.15) is 24.2 Å². The number of esters is 1. The van der Waals surface area contributed by atoms with Crippen LogP contribution in [0.3, 0.4) is 0 Å². The molecule has 0 saturated carbocycles. The third kappa shape index (κ3) is 7.92. The molecule has 1 saturated heterocycles. The molecule has 7 heteroatoms. The lowest BCUT2D eigenvalue weighted by atomic mass is 9.89. The Bertz CT molecular complexity index is 1060. The minimum Gasteiger partial charge on any atom is -0.497 e. The molecule has 5 nitrogen and oxygen atoms in total. The molecule has 0 N–H and O–H groups in total. The smallest absolute Gasteiger partial charge is 0.323 e. The van der Waals surface area contributed by atoms with E-state index in [1.165, 1.54) is 6.07 Å². The van der Waals surface area contributed by atoms with Crippen molar-refractivity contribution >= 4 is 14.3 Å². The van der Waals surface area contributed by atoms with Crippen molar-refractivity contribution in [2.75, 3.05) is 26.8 Å². The van der Waals surface area contributed by atoms with Crippen molar-refractivity contribution in [3.05, 3.63) is 65.5 Å². The number of nitrogens with zero attached hydrogens (tertiary/aromatic N) is 1. The van der Waals surface area contributed by atoms with Crippen molar-refractivity contribution in [2.45, 2.75) is 84.2 Å².